The standard InChI is InChI=1S/C23H23Cl3N4O3S/c1-4-8-30-20(12-33-18-7-6-14(3)9-19(18)32-5-2)28-29-23(30)34-13-21(31)27-22-16(25)10-15(24)11-17(22)26/h4,6-7,9-11H,1,5,8,12-13H2,2-3H3,(H,27,31). The molecule has 0 fully saturated rings. The first-order chi connectivity index (χ1) is 16.3. The molecule has 1 heterocycles. The molecule has 1 aromatic heterocycles. The molecule has 0 bridgehead atoms. The largest absolute Gasteiger partial charge is 0.490 e. The monoisotopic (exact) mass is 540 g/mol. The van der Waals surface area contributed by atoms with Gasteiger partial charge in [-0.1, -0.05) is 58.7 Å². The Morgan fingerprint density at radius 3 is 2.56 bits per heavy atom. The number of hydrogen-bond donors (Lipinski definition) is 1. The summed E-state index contributed by atoms with van der Waals surface area (Å²) in [4.78, 5) is 12.5. The maximum atomic E-state index is 12.5. The molecule has 0 atom stereocenters. The first-order valence-corrected chi connectivity index (χ1v) is 12.4. The normalized spacial score (nSPS) is 10.7. The van der Waals surface area contributed by atoms with E-state index in [2.05, 4.69) is 22.1 Å². The number of amides is 1. The van der Waals surface area contributed by atoms with Crippen LogP contribution in [0.3, 0.4) is 0 Å². The summed E-state index contributed by atoms with van der Waals surface area (Å²) >= 11 is 19.4. The van der Waals surface area contributed by atoms with Crippen molar-refractivity contribution in [3.63, 3.8) is 0 Å². The predicted octanol–water partition coefficient (Wildman–Crippen LogP) is 6.44. The number of halogens is 3. The molecule has 1 amide bonds. The number of rotatable bonds is 11. The lowest BCUT2D eigenvalue weighted by Crippen LogP contribution is -2.15. The third kappa shape index (κ3) is 6.82. The summed E-state index contributed by atoms with van der Waals surface area (Å²) < 4.78 is 13.5. The highest BCUT2D eigenvalue weighted by molar-refractivity contribution is 7.99. The van der Waals surface area contributed by atoms with Gasteiger partial charge in [-0.05, 0) is 43.7 Å². The van der Waals surface area contributed by atoms with Crippen molar-refractivity contribution in [2.75, 3.05) is 17.7 Å². The molecule has 34 heavy (non-hydrogen) atoms. The minimum absolute atomic E-state index is 0.0673. The second kappa shape index (κ2) is 12.4. The van der Waals surface area contributed by atoms with Crippen LogP contribution in [0.25, 0.3) is 0 Å². The van der Waals surface area contributed by atoms with Crippen molar-refractivity contribution >= 4 is 58.2 Å². The summed E-state index contributed by atoms with van der Waals surface area (Å²) in [6.07, 6.45) is 1.72. The lowest BCUT2D eigenvalue weighted by Gasteiger charge is -2.13. The Bertz CT molecular complexity index is 1160. The zero-order chi connectivity index (χ0) is 24.7. The summed E-state index contributed by atoms with van der Waals surface area (Å²) in [7, 11) is 0. The van der Waals surface area contributed by atoms with E-state index in [9.17, 15) is 4.79 Å². The van der Waals surface area contributed by atoms with Crippen molar-refractivity contribution in [2.45, 2.75) is 32.2 Å². The van der Waals surface area contributed by atoms with Crippen LogP contribution in [0.5, 0.6) is 11.5 Å². The molecule has 7 nitrogen and oxygen atoms in total. The number of carbonyl (C=O) groups excluding carboxylic acids is 1. The zero-order valence-corrected chi connectivity index (χ0v) is 21.7. The van der Waals surface area contributed by atoms with Gasteiger partial charge in [0.25, 0.3) is 0 Å². The van der Waals surface area contributed by atoms with Crippen LogP contribution in [0.15, 0.2) is 48.1 Å². The quantitative estimate of drug-likeness (QED) is 0.222. The Morgan fingerprint density at radius 1 is 1.15 bits per heavy atom. The van der Waals surface area contributed by atoms with Crippen LogP contribution in [0, 0.1) is 6.92 Å². The molecular formula is C23H23Cl3N4O3S. The first-order valence-electron chi connectivity index (χ1n) is 10.3. The molecule has 0 aliphatic carbocycles. The highest BCUT2D eigenvalue weighted by atomic mass is 35.5. The number of hydrogen-bond acceptors (Lipinski definition) is 6. The van der Waals surface area contributed by atoms with Crippen molar-refractivity contribution in [1.29, 1.82) is 0 Å². The molecule has 3 aromatic rings. The van der Waals surface area contributed by atoms with E-state index >= 15 is 0 Å². The number of nitrogens with zero attached hydrogens (tertiary/aromatic N) is 3. The molecule has 0 spiro atoms. The number of benzene rings is 2. The number of ether oxygens (including phenoxy) is 2. The summed E-state index contributed by atoms with van der Waals surface area (Å²) in [6.45, 7) is 8.86. The first kappa shape index (κ1) is 26.2. The Kier molecular flexibility index (Phi) is 9.53. The average Bonchev–Trinajstić information content (AvgIpc) is 3.16. The van der Waals surface area contributed by atoms with Gasteiger partial charge in [-0.3, -0.25) is 9.36 Å². The molecule has 0 unspecified atom stereocenters. The molecule has 0 saturated heterocycles. The number of allylic oxidation sites excluding steroid dienone is 1. The lowest BCUT2D eigenvalue weighted by atomic mass is 10.2. The van der Waals surface area contributed by atoms with Crippen LogP contribution in [0.1, 0.15) is 18.3 Å². The van der Waals surface area contributed by atoms with E-state index in [0.29, 0.717) is 46.3 Å². The number of anilines is 1. The highest BCUT2D eigenvalue weighted by Crippen LogP contribution is 2.34. The second-order valence-electron chi connectivity index (χ2n) is 7.05. The Hall–Kier alpha value is -2.39. The van der Waals surface area contributed by atoms with E-state index in [1.54, 1.807) is 6.08 Å². The molecule has 1 N–H and O–H groups in total. The van der Waals surface area contributed by atoms with Crippen LogP contribution < -0.4 is 14.8 Å². The van der Waals surface area contributed by atoms with Gasteiger partial charge in [0.2, 0.25) is 5.91 Å². The van der Waals surface area contributed by atoms with Gasteiger partial charge in [0.05, 0.1) is 28.1 Å². The van der Waals surface area contributed by atoms with E-state index in [0.717, 1.165) is 5.56 Å². The Morgan fingerprint density at radius 2 is 1.88 bits per heavy atom. The van der Waals surface area contributed by atoms with Crippen molar-refractivity contribution in [3.8, 4) is 11.5 Å². The van der Waals surface area contributed by atoms with Gasteiger partial charge in [0, 0.05) is 11.6 Å². The number of aromatic nitrogens is 3. The van der Waals surface area contributed by atoms with Gasteiger partial charge >= 0.3 is 0 Å². The third-order valence-electron chi connectivity index (χ3n) is 4.46. The SMILES string of the molecule is C=CCn1c(COc2ccc(C)cc2OCC)nnc1SCC(=O)Nc1c(Cl)cc(Cl)cc1Cl. The molecule has 0 aliphatic rings. The Labute approximate surface area is 217 Å². The fourth-order valence-corrected chi connectivity index (χ4v) is 4.64. The van der Waals surface area contributed by atoms with Gasteiger partial charge < -0.3 is 14.8 Å². The van der Waals surface area contributed by atoms with E-state index in [1.807, 2.05) is 36.6 Å². The van der Waals surface area contributed by atoms with Crippen LogP contribution in [-0.4, -0.2) is 33.0 Å². The highest BCUT2D eigenvalue weighted by Gasteiger charge is 2.17. The van der Waals surface area contributed by atoms with E-state index < -0.39 is 0 Å². The maximum Gasteiger partial charge on any atom is 0.234 e. The Balaban J connectivity index is 1.67. The molecule has 0 aliphatic heterocycles. The van der Waals surface area contributed by atoms with Crippen molar-refractivity contribution in [1.82, 2.24) is 14.8 Å². The maximum absolute atomic E-state index is 12.5. The lowest BCUT2D eigenvalue weighted by molar-refractivity contribution is -0.113. The smallest absolute Gasteiger partial charge is 0.234 e. The van der Waals surface area contributed by atoms with Crippen molar-refractivity contribution in [3.05, 3.63) is 69.4 Å². The fraction of sp³-hybridized carbons (Fsp3) is 0.261. The number of aryl methyl sites for hydroxylation is 1. The van der Waals surface area contributed by atoms with E-state index in [-0.39, 0.29) is 28.3 Å². The van der Waals surface area contributed by atoms with Crippen molar-refractivity contribution < 1.29 is 14.3 Å². The van der Waals surface area contributed by atoms with Crippen molar-refractivity contribution in [2.24, 2.45) is 0 Å². The molecule has 11 heteroatoms. The predicted molar refractivity (Wildman–Crippen MR) is 138 cm³/mol. The molecule has 3 rings (SSSR count). The zero-order valence-electron chi connectivity index (χ0n) is 18.6. The molecule has 0 saturated carbocycles. The molecule has 0 radical (unpaired) electrons. The van der Waals surface area contributed by atoms with E-state index in [4.69, 9.17) is 44.3 Å². The number of nitrogens with one attached hydrogen (secondary N) is 1. The van der Waals surface area contributed by atoms with E-state index in [1.165, 1.54) is 23.9 Å². The molecule has 2 aromatic carbocycles. The van der Waals surface area contributed by atoms with Crippen LogP contribution >= 0.6 is 46.6 Å². The number of carbonyl (C=O) groups is 1. The second-order valence-corrected chi connectivity index (χ2v) is 9.24. The van der Waals surface area contributed by atoms with Gasteiger partial charge in [0.1, 0.15) is 6.61 Å². The number of thioether (sulfide) groups is 1. The van der Waals surface area contributed by atoms with Gasteiger partial charge in [-0.2, -0.15) is 0 Å². The van der Waals surface area contributed by atoms with Crippen LogP contribution in [0.4, 0.5) is 5.69 Å². The van der Waals surface area contributed by atoms with Crippen LogP contribution in [-0.2, 0) is 17.9 Å². The topological polar surface area (TPSA) is 78.3 Å². The minimum Gasteiger partial charge on any atom is -0.490 e. The summed E-state index contributed by atoms with van der Waals surface area (Å²) in [6, 6.07) is 8.75. The molecular weight excluding hydrogens is 519 g/mol. The third-order valence-corrected chi connectivity index (χ3v) is 6.25. The average molecular weight is 542 g/mol. The van der Waals surface area contributed by atoms with Crippen LogP contribution in [0.2, 0.25) is 15.1 Å². The summed E-state index contributed by atoms with van der Waals surface area (Å²) in [5, 5.41) is 12.6. The van der Waals surface area contributed by atoms with Gasteiger partial charge in [0.15, 0.2) is 22.5 Å². The summed E-state index contributed by atoms with van der Waals surface area (Å²) in [5.74, 6) is 1.64. The summed E-state index contributed by atoms with van der Waals surface area (Å²) in [5.41, 5.74) is 1.38. The van der Waals surface area contributed by atoms with Gasteiger partial charge in [-0.25, -0.2) is 0 Å². The fourth-order valence-electron chi connectivity index (χ4n) is 2.96. The van der Waals surface area contributed by atoms with Gasteiger partial charge in [-0.15, -0.1) is 16.8 Å². The minimum atomic E-state index is -0.303. The molecule has 180 valence electrons.